The van der Waals surface area contributed by atoms with Crippen LogP contribution in [0.2, 0.25) is 0 Å². The van der Waals surface area contributed by atoms with E-state index in [1.807, 2.05) is 6.92 Å². The fourth-order valence-electron chi connectivity index (χ4n) is 4.02. The van der Waals surface area contributed by atoms with Crippen LogP contribution in [-0.4, -0.2) is 34.1 Å². The molecule has 3 heteroatoms. The molecule has 3 atom stereocenters. The fraction of sp³-hybridized carbons (Fsp3) is 0.929. The predicted octanol–water partition coefficient (Wildman–Crippen LogP) is 2.75. The summed E-state index contributed by atoms with van der Waals surface area (Å²) in [7, 11) is 0. The normalized spacial score (nSPS) is 41.9. The average Bonchev–Trinajstić information content (AvgIpc) is 2.68. The standard InChI is InChI=1S/C14H25NO2/c1-10-8-13(2,3)9-11(10)15-7-5-6-14(15,4)12(16)17/h10-11H,5-9H2,1-4H3,(H,16,17). The van der Waals surface area contributed by atoms with Crippen LogP contribution in [-0.2, 0) is 4.79 Å². The molecule has 1 saturated heterocycles. The number of carboxylic acids is 1. The Balaban J connectivity index is 2.20. The van der Waals surface area contributed by atoms with Crippen molar-refractivity contribution in [3.05, 3.63) is 0 Å². The van der Waals surface area contributed by atoms with E-state index in [9.17, 15) is 9.90 Å². The molecule has 2 rings (SSSR count). The van der Waals surface area contributed by atoms with Gasteiger partial charge in [0.05, 0.1) is 0 Å². The third-order valence-electron chi connectivity index (χ3n) is 4.85. The Labute approximate surface area is 104 Å². The maximum atomic E-state index is 11.5. The Bertz CT molecular complexity index is 326. The maximum absolute atomic E-state index is 11.5. The summed E-state index contributed by atoms with van der Waals surface area (Å²) in [6.45, 7) is 9.74. The van der Waals surface area contributed by atoms with Crippen LogP contribution in [0.1, 0.15) is 53.4 Å². The van der Waals surface area contributed by atoms with Gasteiger partial charge < -0.3 is 5.11 Å². The lowest BCUT2D eigenvalue weighted by atomic mass is 9.90. The molecule has 0 radical (unpaired) electrons. The number of nitrogens with zero attached hydrogens (tertiary/aromatic N) is 1. The van der Waals surface area contributed by atoms with E-state index in [0.717, 1.165) is 25.8 Å². The first-order valence-corrected chi connectivity index (χ1v) is 6.76. The SMILES string of the molecule is CC1CC(C)(C)CC1N1CCCC1(C)C(=O)O. The summed E-state index contributed by atoms with van der Waals surface area (Å²) in [4.78, 5) is 13.8. The Morgan fingerprint density at radius 2 is 1.94 bits per heavy atom. The van der Waals surface area contributed by atoms with Crippen LogP contribution >= 0.6 is 0 Å². The molecule has 0 aromatic rings. The van der Waals surface area contributed by atoms with Crippen molar-refractivity contribution in [2.24, 2.45) is 11.3 Å². The second-order valence-corrected chi connectivity index (χ2v) is 6.99. The van der Waals surface area contributed by atoms with Gasteiger partial charge in [0.15, 0.2) is 0 Å². The second kappa shape index (κ2) is 3.98. The molecular weight excluding hydrogens is 214 g/mol. The first-order chi connectivity index (χ1) is 7.76. The van der Waals surface area contributed by atoms with Gasteiger partial charge in [-0.25, -0.2) is 0 Å². The summed E-state index contributed by atoms with van der Waals surface area (Å²) in [5.41, 5.74) is -0.258. The van der Waals surface area contributed by atoms with Gasteiger partial charge in [0.25, 0.3) is 0 Å². The van der Waals surface area contributed by atoms with E-state index in [4.69, 9.17) is 0 Å². The first kappa shape index (κ1) is 12.9. The van der Waals surface area contributed by atoms with Gasteiger partial charge in [-0.05, 0) is 50.5 Å². The third kappa shape index (κ3) is 2.10. The number of carbonyl (C=O) groups is 1. The molecule has 3 nitrogen and oxygen atoms in total. The van der Waals surface area contributed by atoms with E-state index >= 15 is 0 Å². The van der Waals surface area contributed by atoms with E-state index in [1.165, 1.54) is 6.42 Å². The molecule has 3 unspecified atom stereocenters. The van der Waals surface area contributed by atoms with Gasteiger partial charge in [0.1, 0.15) is 5.54 Å². The molecule has 1 saturated carbocycles. The quantitative estimate of drug-likeness (QED) is 0.805. The average molecular weight is 239 g/mol. The van der Waals surface area contributed by atoms with Gasteiger partial charge >= 0.3 is 5.97 Å². The van der Waals surface area contributed by atoms with Gasteiger partial charge in [-0.3, -0.25) is 9.69 Å². The van der Waals surface area contributed by atoms with E-state index in [2.05, 4.69) is 25.7 Å². The van der Waals surface area contributed by atoms with Crippen molar-refractivity contribution in [2.75, 3.05) is 6.54 Å². The number of likely N-dealkylation sites (tertiary alicyclic amines) is 1. The molecule has 98 valence electrons. The molecule has 0 spiro atoms. The minimum atomic E-state index is -0.646. The summed E-state index contributed by atoms with van der Waals surface area (Å²) >= 11 is 0. The number of hydrogen-bond donors (Lipinski definition) is 1. The smallest absolute Gasteiger partial charge is 0.323 e. The molecule has 2 aliphatic rings. The monoisotopic (exact) mass is 239 g/mol. The molecule has 1 aliphatic carbocycles. The number of aliphatic carboxylic acids is 1. The summed E-state index contributed by atoms with van der Waals surface area (Å²) in [5.74, 6) is -0.0336. The highest BCUT2D eigenvalue weighted by Gasteiger charge is 2.50. The van der Waals surface area contributed by atoms with Crippen LogP contribution in [0, 0.1) is 11.3 Å². The zero-order chi connectivity index (χ0) is 12.8. The Morgan fingerprint density at radius 1 is 1.29 bits per heavy atom. The van der Waals surface area contributed by atoms with Crippen molar-refractivity contribution in [2.45, 2.75) is 65.0 Å². The van der Waals surface area contributed by atoms with Crippen molar-refractivity contribution in [3.63, 3.8) is 0 Å². The van der Waals surface area contributed by atoms with E-state index < -0.39 is 11.5 Å². The summed E-state index contributed by atoms with van der Waals surface area (Å²) in [6.07, 6.45) is 4.17. The first-order valence-electron chi connectivity index (χ1n) is 6.76. The van der Waals surface area contributed by atoms with Crippen LogP contribution in [0.5, 0.6) is 0 Å². The van der Waals surface area contributed by atoms with Crippen molar-refractivity contribution < 1.29 is 9.90 Å². The minimum Gasteiger partial charge on any atom is -0.480 e. The van der Waals surface area contributed by atoms with Crippen LogP contribution < -0.4 is 0 Å². The van der Waals surface area contributed by atoms with E-state index in [0.29, 0.717) is 17.4 Å². The molecule has 1 heterocycles. The zero-order valence-electron chi connectivity index (χ0n) is 11.5. The number of carboxylic acid groups (broad SMARTS) is 1. The highest BCUT2D eigenvalue weighted by atomic mass is 16.4. The van der Waals surface area contributed by atoms with Crippen molar-refractivity contribution in [1.82, 2.24) is 4.90 Å². The molecule has 0 bridgehead atoms. The van der Waals surface area contributed by atoms with E-state index in [1.54, 1.807) is 0 Å². The van der Waals surface area contributed by atoms with Crippen LogP contribution in [0.15, 0.2) is 0 Å². The Hall–Kier alpha value is -0.570. The van der Waals surface area contributed by atoms with Crippen molar-refractivity contribution in [1.29, 1.82) is 0 Å². The van der Waals surface area contributed by atoms with E-state index in [-0.39, 0.29) is 0 Å². The topological polar surface area (TPSA) is 40.5 Å². The Kier molecular flexibility index (Phi) is 3.01. The number of hydrogen-bond acceptors (Lipinski definition) is 2. The Morgan fingerprint density at radius 3 is 2.41 bits per heavy atom. The summed E-state index contributed by atoms with van der Waals surface area (Å²) in [5, 5.41) is 9.48. The lowest BCUT2D eigenvalue weighted by Gasteiger charge is -2.38. The molecule has 0 amide bonds. The zero-order valence-corrected chi connectivity index (χ0v) is 11.5. The molecule has 1 N–H and O–H groups in total. The predicted molar refractivity (Wildman–Crippen MR) is 67.9 cm³/mol. The van der Waals surface area contributed by atoms with Crippen molar-refractivity contribution in [3.8, 4) is 0 Å². The number of rotatable bonds is 2. The lowest BCUT2D eigenvalue weighted by Crippen LogP contribution is -2.53. The van der Waals surface area contributed by atoms with Gasteiger partial charge in [-0.15, -0.1) is 0 Å². The lowest BCUT2D eigenvalue weighted by molar-refractivity contribution is -0.150. The molecular formula is C14H25NO2. The van der Waals surface area contributed by atoms with Crippen LogP contribution in [0.25, 0.3) is 0 Å². The van der Waals surface area contributed by atoms with Crippen LogP contribution in [0.4, 0.5) is 0 Å². The molecule has 1 aliphatic heterocycles. The molecule has 0 aromatic carbocycles. The van der Waals surface area contributed by atoms with Gasteiger partial charge in [0.2, 0.25) is 0 Å². The molecule has 0 aromatic heterocycles. The highest BCUT2D eigenvalue weighted by molar-refractivity contribution is 5.78. The summed E-state index contributed by atoms with van der Waals surface area (Å²) in [6, 6.07) is 0.452. The van der Waals surface area contributed by atoms with Crippen LogP contribution in [0.3, 0.4) is 0 Å². The summed E-state index contributed by atoms with van der Waals surface area (Å²) < 4.78 is 0. The van der Waals surface area contributed by atoms with Gasteiger partial charge in [-0.2, -0.15) is 0 Å². The minimum absolute atomic E-state index is 0.367. The highest BCUT2D eigenvalue weighted by Crippen LogP contribution is 2.46. The third-order valence-corrected chi connectivity index (χ3v) is 4.85. The maximum Gasteiger partial charge on any atom is 0.323 e. The van der Waals surface area contributed by atoms with Gasteiger partial charge in [0, 0.05) is 6.04 Å². The van der Waals surface area contributed by atoms with Gasteiger partial charge in [-0.1, -0.05) is 20.8 Å². The largest absolute Gasteiger partial charge is 0.480 e. The fourth-order valence-corrected chi connectivity index (χ4v) is 4.02. The molecule has 2 fully saturated rings. The molecule has 17 heavy (non-hydrogen) atoms. The second-order valence-electron chi connectivity index (χ2n) is 6.99. The van der Waals surface area contributed by atoms with Crippen molar-refractivity contribution >= 4 is 5.97 Å².